The first-order valence-corrected chi connectivity index (χ1v) is 6.15. The van der Waals surface area contributed by atoms with Crippen molar-refractivity contribution in [2.45, 2.75) is 39.2 Å². The average molecular weight is 296 g/mol. The number of hydrogen-bond donors (Lipinski definition) is 0. The molecule has 0 saturated carbocycles. The van der Waals surface area contributed by atoms with E-state index in [-0.39, 0.29) is 5.60 Å². The average Bonchev–Trinajstić information content (AvgIpc) is 2.46. The molecule has 0 aromatic carbocycles. The number of rotatable bonds is 3. The van der Waals surface area contributed by atoms with Gasteiger partial charge >= 0.3 is 0 Å². The zero-order valence-electron chi connectivity index (χ0n) is 8.52. The maximum Gasteiger partial charge on any atom is 0.278 e. The molecule has 3 heteroatoms. The highest BCUT2D eigenvalue weighted by Crippen LogP contribution is 2.31. The molecule has 0 aromatic heterocycles. The van der Waals surface area contributed by atoms with E-state index in [0.29, 0.717) is 6.61 Å². The fraction of sp³-hybridized carbons (Fsp3) is 0.800. The molecule has 0 aliphatic carbocycles. The Labute approximate surface area is 93.8 Å². The minimum atomic E-state index is -0.0855. The summed E-state index contributed by atoms with van der Waals surface area (Å²) < 4.78 is 12.4. The van der Waals surface area contributed by atoms with Gasteiger partial charge in [-0.3, -0.25) is 0 Å². The van der Waals surface area contributed by atoms with Crippen molar-refractivity contribution in [2.24, 2.45) is 0 Å². The molecule has 2 nitrogen and oxygen atoms in total. The van der Waals surface area contributed by atoms with E-state index < -0.39 is 0 Å². The molecule has 1 atom stereocenters. The van der Waals surface area contributed by atoms with Crippen molar-refractivity contribution in [3.63, 3.8) is 0 Å². The molecule has 1 aliphatic rings. The molecule has 0 N–H and O–H groups in total. The van der Waals surface area contributed by atoms with Gasteiger partial charge in [0.2, 0.25) is 0 Å². The van der Waals surface area contributed by atoms with Gasteiger partial charge in [0.1, 0.15) is 12.2 Å². The molecule has 0 radical (unpaired) electrons. The molecular weight excluding hydrogens is 279 g/mol. The van der Waals surface area contributed by atoms with Gasteiger partial charge in [-0.15, -0.1) is 0 Å². The Morgan fingerprint density at radius 1 is 1.54 bits per heavy atom. The number of halogens is 1. The van der Waals surface area contributed by atoms with E-state index in [1.165, 1.54) is 10.8 Å². The zero-order chi connectivity index (χ0) is 9.90. The molecule has 1 fully saturated rings. The number of allylic oxidation sites excluding steroid dienone is 1. The van der Waals surface area contributed by atoms with Crippen LogP contribution in [0.4, 0.5) is 0 Å². The smallest absolute Gasteiger partial charge is 0.278 e. The number of hydrogen-bond acceptors (Lipinski definition) is 2. The first-order valence-electron chi connectivity index (χ1n) is 4.63. The monoisotopic (exact) mass is 296 g/mol. The lowest BCUT2D eigenvalue weighted by atomic mass is 10.0. The van der Waals surface area contributed by atoms with Crippen LogP contribution < -0.4 is 0 Å². The Bertz CT molecular complexity index is 209. The van der Waals surface area contributed by atoms with Gasteiger partial charge in [-0.2, -0.15) is 0 Å². The highest BCUT2D eigenvalue weighted by atomic mass is 127. The van der Waals surface area contributed by atoms with E-state index in [2.05, 4.69) is 29.5 Å². The predicted octanol–water partition coefficient (Wildman–Crippen LogP) is 3.26. The van der Waals surface area contributed by atoms with Crippen LogP contribution in [0.2, 0.25) is 0 Å². The Morgan fingerprint density at radius 2 is 2.23 bits per heavy atom. The van der Waals surface area contributed by atoms with Crippen molar-refractivity contribution in [3.8, 4) is 0 Å². The Balaban J connectivity index is 2.51. The molecule has 0 spiro atoms. The molecule has 1 rings (SSSR count). The Morgan fingerprint density at radius 3 is 2.69 bits per heavy atom. The quantitative estimate of drug-likeness (QED) is 0.588. The second kappa shape index (κ2) is 4.53. The predicted molar refractivity (Wildman–Crippen MR) is 61.9 cm³/mol. The standard InChI is InChI=1S/C10H17IO2/c1-8(2)9-12-7-10(3,13-9)5-4-6-11/h4-7H2,1-3H3/t10-/m1/s1. The fourth-order valence-corrected chi connectivity index (χ4v) is 1.69. The topological polar surface area (TPSA) is 18.5 Å². The van der Waals surface area contributed by atoms with Crippen LogP contribution in [0.3, 0.4) is 0 Å². The van der Waals surface area contributed by atoms with Gasteiger partial charge in [0.15, 0.2) is 0 Å². The summed E-state index contributed by atoms with van der Waals surface area (Å²) in [6, 6.07) is 0. The molecule has 0 aromatic rings. The largest absolute Gasteiger partial charge is 0.461 e. The summed E-state index contributed by atoms with van der Waals surface area (Å²) in [5, 5.41) is 0. The third-order valence-electron chi connectivity index (χ3n) is 2.10. The lowest BCUT2D eigenvalue weighted by molar-refractivity contribution is 0.0549. The van der Waals surface area contributed by atoms with Crippen LogP contribution in [0.25, 0.3) is 0 Å². The van der Waals surface area contributed by atoms with Crippen molar-refractivity contribution in [1.29, 1.82) is 0 Å². The van der Waals surface area contributed by atoms with Crippen molar-refractivity contribution >= 4 is 22.6 Å². The summed E-state index contributed by atoms with van der Waals surface area (Å²) in [6.07, 6.45) is 2.27. The van der Waals surface area contributed by atoms with Crippen LogP contribution in [0.15, 0.2) is 11.5 Å². The van der Waals surface area contributed by atoms with Crippen LogP contribution in [0, 0.1) is 0 Å². The van der Waals surface area contributed by atoms with E-state index in [9.17, 15) is 0 Å². The summed E-state index contributed by atoms with van der Waals surface area (Å²) in [6.45, 7) is 6.85. The van der Waals surface area contributed by atoms with Gasteiger partial charge < -0.3 is 9.47 Å². The van der Waals surface area contributed by atoms with Gasteiger partial charge in [-0.05, 0) is 38.0 Å². The summed E-state index contributed by atoms with van der Waals surface area (Å²) >= 11 is 2.39. The minimum Gasteiger partial charge on any atom is -0.461 e. The molecular formula is C10H17IO2. The highest BCUT2D eigenvalue weighted by molar-refractivity contribution is 14.1. The van der Waals surface area contributed by atoms with E-state index in [1.54, 1.807) is 0 Å². The number of alkyl halides is 1. The van der Waals surface area contributed by atoms with Gasteiger partial charge in [0.25, 0.3) is 5.95 Å². The summed E-state index contributed by atoms with van der Waals surface area (Å²) in [5.74, 6) is 0.732. The van der Waals surface area contributed by atoms with Gasteiger partial charge in [0.05, 0.1) is 0 Å². The summed E-state index contributed by atoms with van der Waals surface area (Å²) in [4.78, 5) is 0. The molecule has 0 unspecified atom stereocenters. The lowest BCUT2D eigenvalue weighted by Crippen LogP contribution is -2.26. The summed E-state index contributed by atoms with van der Waals surface area (Å²) in [5.41, 5.74) is 1.04. The van der Waals surface area contributed by atoms with Crippen LogP contribution in [0.5, 0.6) is 0 Å². The summed E-state index contributed by atoms with van der Waals surface area (Å²) in [7, 11) is 0. The molecule has 1 saturated heterocycles. The highest BCUT2D eigenvalue weighted by Gasteiger charge is 2.35. The normalized spacial score (nSPS) is 26.9. The van der Waals surface area contributed by atoms with Crippen molar-refractivity contribution in [2.75, 3.05) is 11.0 Å². The van der Waals surface area contributed by atoms with E-state index in [0.717, 1.165) is 17.9 Å². The van der Waals surface area contributed by atoms with Crippen molar-refractivity contribution < 1.29 is 9.47 Å². The fourth-order valence-electron chi connectivity index (χ4n) is 1.31. The second-order valence-corrected chi connectivity index (χ2v) is 5.00. The van der Waals surface area contributed by atoms with Gasteiger partial charge in [0, 0.05) is 5.57 Å². The number of ether oxygens (including phenoxy) is 2. The molecule has 1 aliphatic heterocycles. The van der Waals surface area contributed by atoms with Crippen LogP contribution in [0.1, 0.15) is 33.6 Å². The van der Waals surface area contributed by atoms with Crippen LogP contribution in [-0.2, 0) is 9.47 Å². The van der Waals surface area contributed by atoms with E-state index >= 15 is 0 Å². The Hall–Kier alpha value is 0.0700. The second-order valence-electron chi connectivity index (χ2n) is 3.92. The van der Waals surface area contributed by atoms with E-state index in [4.69, 9.17) is 9.47 Å². The maximum absolute atomic E-state index is 5.77. The van der Waals surface area contributed by atoms with Gasteiger partial charge in [-0.1, -0.05) is 22.6 Å². The molecule has 76 valence electrons. The molecule has 13 heavy (non-hydrogen) atoms. The molecule has 0 amide bonds. The maximum atomic E-state index is 5.77. The van der Waals surface area contributed by atoms with Crippen molar-refractivity contribution in [3.05, 3.63) is 11.5 Å². The van der Waals surface area contributed by atoms with Crippen LogP contribution in [-0.4, -0.2) is 16.6 Å². The van der Waals surface area contributed by atoms with Gasteiger partial charge in [-0.25, -0.2) is 0 Å². The SMILES string of the molecule is CC(C)=C1OC[C@@](C)(CCCI)O1. The van der Waals surface area contributed by atoms with E-state index in [1.807, 2.05) is 13.8 Å². The third-order valence-corrected chi connectivity index (χ3v) is 2.86. The van der Waals surface area contributed by atoms with Crippen LogP contribution >= 0.6 is 22.6 Å². The van der Waals surface area contributed by atoms with Crippen molar-refractivity contribution in [1.82, 2.24) is 0 Å². The third kappa shape index (κ3) is 3.04. The molecule has 1 heterocycles. The zero-order valence-corrected chi connectivity index (χ0v) is 10.7. The Kier molecular flexibility index (Phi) is 3.88. The molecule has 0 bridgehead atoms. The minimum absolute atomic E-state index is 0.0855. The lowest BCUT2D eigenvalue weighted by Gasteiger charge is -2.19. The first-order chi connectivity index (χ1) is 6.07. The first kappa shape index (κ1) is 11.1.